The Hall–Kier alpha value is -4.01. The van der Waals surface area contributed by atoms with Crippen LogP contribution in [0.5, 0.6) is 0 Å². The number of hydrogen-bond acceptors (Lipinski definition) is 7. The van der Waals surface area contributed by atoms with Crippen LogP contribution in [0.4, 0.5) is 0 Å². The van der Waals surface area contributed by atoms with Crippen LogP contribution in [0.2, 0.25) is 0 Å². The minimum absolute atomic E-state index is 0.00733. The minimum atomic E-state index is -1.14. The van der Waals surface area contributed by atoms with Gasteiger partial charge in [-0.25, -0.2) is 0 Å². The highest BCUT2D eigenvalue weighted by Gasteiger charge is 2.25. The zero-order valence-electron chi connectivity index (χ0n) is 38.3. The molecule has 0 fully saturated rings. The number of unbranched alkanes of at least 4 members (excludes halogenated alkanes) is 10. The highest BCUT2D eigenvalue weighted by atomic mass is 16.6. The number of nitrogens with zero attached hydrogens (tertiary/aromatic N) is 1. The predicted octanol–water partition coefficient (Wildman–Crippen LogP) is 11.5. The number of esters is 2. The summed E-state index contributed by atoms with van der Waals surface area (Å²) in [7, 11) is 5.37. The summed E-state index contributed by atoms with van der Waals surface area (Å²) in [6.07, 6.45) is 56.9. The van der Waals surface area contributed by atoms with Crippen LogP contribution in [0.3, 0.4) is 0 Å². The number of rotatable bonds is 39. The summed E-state index contributed by atoms with van der Waals surface area (Å²) < 4.78 is 17.1. The first kappa shape index (κ1) is 56.0. The summed E-state index contributed by atoms with van der Waals surface area (Å²) >= 11 is 0. The molecule has 0 aliphatic heterocycles. The van der Waals surface area contributed by atoms with Crippen molar-refractivity contribution in [1.82, 2.24) is 0 Å². The van der Waals surface area contributed by atoms with Crippen molar-refractivity contribution in [2.75, 3.05) is 41.0 Å². The number of aliphatic carboxylic acids is 1. The Morgan fingerprint density at radius 1 is 0.533 bits per heavy atom. The van der Waals surface area contributed by atoms with Gasteiger partial charge < -0.3 is 28.6 Å². The molecule has 60 heavy (non-hydrogen) atoms. The zero-order chi connectivity index (χ0) is 44.2. The quantitative estimate of drug-likeness (QED) is 0.0200. The maximum Gasteiger partial charge on any atom is 0.306 e. The van der Waals surface area contributed by atoms with E-state index in [0.29, 0.717) is 12.8 Å². The maximum atomic E-state index is 12.7. The number of quaternary nitrogens is 1. The van der Waals surface area contributed by atoms with Crippen LogP contribution in [0.25, 0.3) is 0 Å². The molecule has 0 aromatic heterocycles. The number of carboxylic acid groups (broad SMARTS) is 1. The topological polar surface area (TPSA) is 102 Å². The molecule has 0 rings (SSSR count). The van der Waals surface area contributed by atoms with Gasteiger partial charge in [0.25, 0.3) is 0 Å². The van der Waals surface area contributed by atoms with Gasteiger partial charge in [0.1, 0.15) is 12.6 Å². The Balaban J connectivity index is 4.48. The van der Waals surface area contributed by atoms with Crippen LogP contribution in [-0.4, -0.2) is 75.5 Å². The van der Waals surface area contributed by atoms with Crippen molar-refractivity contribution >= 4 is 17.9 Å². The Morgan fingerprint density at radius 3 is 1.57 bits per heavy atom. The van der Waals surface area contributed by atoms with Gasteiger partial charge in [-0.05, 0) is 83.5 Å². The first-order valence-corrected chi connectivity index (χ1v) is 23.0. The molecule has 0 aliphatic rings. The summed E-state index contributed by atoms with van der Waals surface area (Å²) in [5.41, 5.74) is 0. The van der Waals surface area contributed by atoms with Crippen molar-refractivity contribution in [3.05, 3.63) is 109 Å². The van der Waals surface area contributed by atoms with E-state index in [2.05, 4.69) is 92.8 Å². The lowest BCUT2D eigenvalue weighted by atomic mass is 10.1. The molecule has 0 spiro atoms. The van der Waals surface area contributed by atoms with Gasteiger partial charge in [0.05, 0.1) is 40.3 Å². The molecular weight excluding hydrogens is 751 g/mol. The molecule has 2 unspecified atom stereocenters. The van der Waals surface area contributed by atoms with E-state index in [1.54, 1.807) is 21.1 Å². The second-order valence-electron chi connectivity index (χ2n) is 16.0. The van der Waals surface area contributed by atoms with E-state index in [1.165, 1.54) is 25.7 Å². The molecular formula is C52H83NO7. The van der Waals surface area contributed by atoms with Gasteiger partial charge in [-0.15, -0.1) is 0 Å². The second kappa shape index (κ2) is 41.7. The summed E-state index contributed by atoms with van der Waals surface area (Å²) in [6.45, 7) is 4.40. The Bertz CT molecular complexity index is 1340. The molecule has 0 aromatic carbocycles. The lowest BCUT2D eigenvalue weighted by Crippen LogP contribution is -2.55. The van der Waals surface area contributed by atoms with Crippen molar-refractivity contribution in [2.45, 2.75) is 161 Å². The van der Waals surface area contributed by atoms with Crippen LogP contribution in [-0.2, 0) is 28.6 Å². The fourth-order valence-electron chi connectivity index (χ4n) is 5.92. The number of carbonyl (C=O) groups excluding carboxylic acids is 3. The Labute approximate surface area is 366 Å². The van der Waals surface area contributed by atoms with Crippen molar-refractivity contribution in [3.8, 4) is 0 Å². The maximum absolute atomic E-state index is 12.7. The van der Waals surface area contributed by atoms with Crippen LogP contribution < -0.4 is 5.11 Å². The normalized spacial score (nSPS) is 13.9. The van der Waals surface area contributed by atoms with Crippen LogP contribution in [0.15, 0.2) is 109 Å². The van der Waals surface area contributed by atoms with Crippen molar-refractivity contribution in [1.29, 1.82) is 0 Å². The van der Waals surface area contributed by atoms with Gasteiger partial charge in [0.15, 0.2) is 6.10 Å². The summed E-state index contributed by atoms with van der Waals surface area (Å²) in [5.74, 6) is -1.84. The Morgan fingerprint density at radius 2 is 1.00 bits per heavy atom. The van der Waals surface area contributed by atoms with E-state index in [4.69, 9.17) is 14.2 Å². The lowest BCUT2D eigenvalue weighted by molar-refractivity contribution is -0.889. The molecule has 0 saturated carbocycles. The standard InChI is InChI=1S/C52H83NO7/c1-6-8-10-12-14-16-18-20-22-23-24-25-26-27-29-31-33-35-37-39-41-43-51(55)60-48(46-58-45-44-49(52(56)57)53(3,4)5)47-59-50(54)42-40-38-36-34-32-30-28-21-19-17-15-13-11-9-7-2/h9,11,13-17,19-22,24-25,27-29,33,35,48-49H,6-8,10,12,18,23,26,30-32,34,36-47H2,1-5H3/b11-9+,15-13+,16-14+,19-17+,22-20+,25-24+,28-21+,29-27+,35-33+. The molecule has 8 heteroatoms. The summed E-state index contributed by atoms with van der Waals surface area (Å²) in [5, 5.41) is 11.6. The third-order valence-electron chi connectivity index (χ3n) is 9.49. The van der Waals surface area contributed by atoms with E-state index in [0.717, 1.165) is 83.5 Å². The number of carboxylic acids is 1. The molecule has 0 aromatic rings. The monoisotopic (exact) mass is 834 g/mol. The van der Waals surface area contributed by atoms with Crippen molar-refractivity contribution in [2.24, 2.45) is 0 Å². The zero-order valence-corrected chi connectivity index (χ0v) is 38.3. The fraction of sp³-hybridized carbons (Fsp3) is 0.596. The van der Waals surface area contributed by atoms with E-state index in [-0.39, 0.29) is 49.1 Å². The van der Waals surface area contributed by atoms with E-state index >= 15 is 0 Å². The van der Waals surface area contributed by atoms with Crippen LogP contribution in [0.1, 0.15) is 149 Å². The molecule has 0 N–H and O–H groups in total. The summed E-state index contributed by atoms with van der Waals surface area (Å²) in [4.78, 5) is 36.9. The fourth-order valence-corrected chi connectivity index (χ4v) is 5.92. The number of hydrogen-bond donors (Lipinski definition) is 0. The van der Waals surface area contributed by atoms with Crippen LogP contribution in [0, 0.1) is 0 Å². The minimum Gasteiger partial charge on any atom is -0.544 e. The third kappa shape index (κ3) is 39.5. The molecule has 0 heterocycles. The molecule has 0 aliphatic carbocycles. The smallest absolute Gasteiger partial charge is 0.306 e. The van der Waals surface area contributed by atoms with E-state index in [1.807, 2.05) is 30.4 Å². The van der Waals surface area contributed by atoms with Gasteiger partial charge in [-0.2, -0.15) is 0 Å². The third-order valence-corrected chi connectivity index (χ3v) is 9.49. The number of ether oxygens (including phenoxy) is 3. The molecule has 0 bridgehead atoms. The molecule has 338 valence electrons. The number of likely N-dealkylation sites (N-methyl/N-ethyl adjacent to an activating group) is 1. The first-order valence-electron chi connectivity index (χ1n) is 23.0. The summed E-state index contributed by atoms with van der Waals surface area (Å²) in [6, 6.07) is -0.745. The first-order chi connectivity index (χ1) is 29.1. The SMILES string of the molecule is CC/C=C/C=C/C=C/C=C/CCCCCCCC(=O)OCC(COCCC(C(=O)[O-])[N+](C)(C)C)OC(=O)CCCC/C=C/C/C=C/C/C=C/C/C=C/C/C=C/CCCCC. The average molecular weight is 834 g/mol. The van der Waals surface area contributed by atoms with Gasteiger partial charge in [0, 0.05) is 19.3 Å². The van der Waals surface area contributed by atoms with Crippen molar-refractivity contribution in [3.63, 3.8) is 0 Å². The molecule has 0 saturated heterocycles. The number of carbonyl (C=O) groups is 3. The molecule has 8 nitrogen and oxygen atoms in total. The highest BCUT2D eigenvalue weighted by Crippen LogP contribution is 2.12. The molecule has 0 radical (unpaired) electrons. The predicted molar refractivity (Wildman–Crippen MR) is 249 cm³/mol. The average Bonchev–Trinajstić information content (AvgIpc) is 3.21. The van der Waals surface area contributed by atoms with Gasteiger partial charge >= 0.3 is 11.9 Å². The highest BCUT2D eigenvalue weighted by molar-refractivity contribution is 5.70. The van der Waals surface area contributed by atoms with Gasteiger partial charge in [-0.3, -0.25) is 9.59 Å². The van der Waals surface area contributed by atoms with E-state index < -0.39 is 18.1 Å². The number of allylic oxidation sites excluding steroid dienone is 18. The van der Waals surface area contributed by atoms with Gasteiger partial charge in [-0.1, -0.05) is 155 Å². The van der Waals surface area contributed by atoms with Gasteiger partial charge in [0.2, 0.25) is 0 Å². The molecule has 2 atom stereocenters. The largest absolute Gasteiger partial charge is 0.544 e. The van der Waals surface area contributed by atoms with Crippen molar-refractivity contribution < 1.29 is 38.2 Å². The van der Waals surface area contributed by atoms with E-state index in [9.17, 15) is 19.5 Å². The lowest BCUT2D eigenvalue weighted by Gasteiger charge is -2.34. The molecule has 0 amide bonds. The van der Waals surface area contributed by atoms with Crippen LogP contribution >= 0.6 is 0 Å². The Kier molecular flexibility index (Phi) is 38.9. The second-order valence-corrected chi connectivity index (χ2v) is 16.0.